The van der Waals surface area contributed by atoms with Crippen LogP contribution < -0.4 is 5.32 Å². The van der Waals surface area contributed by atoms with E-state index in [1.165, 1.54) is 5.56 Å². The number of hydrogen-bond acceptors (Lipinski definition) is 3. The summed E-state index contributed by atoms with van der Waals surface area (Å²) in [7, 11) is 0. The molecule has 128 valence electrons. The van der Waals surface area contributed by atoms with Crippen molar-refractivity contribution < 1.29 is 9.53 Å². The van der Waals surface area contributed by atoms with E-state index >= 15 is 0 Å². The zero-order valence-electron chi connectivity index (χ0n) is 14.2. The van der Waals surface area contributed by atoms with Crippen molar-refractivity contribution in [1.82, 2.24) is 15.1 Å². The topological polar surface area (TPSA) is 56.1 Å². The fourth-order valence-electron chi connectivity index (χ4n) is 3.10. The zero-order chi connectivity index (χ0) is 16.8. The minimum absolute atomic E-state index is 0.0479. The number of ether oxygens (including phenoxy) is 1. The number of aromatic nitrogens is 2. The second kappa shape index (κ2) is 8.11. The van der Waals surface area contributed by atoms with Gasteiger partial charge in [-0.05, 0) is 24.8 Å². The second-order valence-corrected chi connectivity index (χ2v) is 6.24. The lowest BCUT2D eigenvalue weighted by molar-refractivity contribution is 0.0857. The Morgan fingerprint density at radius 1 is 1.38 bits per heavy atom. The van der Waals surface area contributed by atoms with Crippen molar-refractivity contribution in [3.8, 4) is 0 Å². The van der Waals surface area contributed by atoms with E-state index in [2.05, 4.69) is 29.5 Å². The lowest BCUT2D eigenvalue weighted by Gasteiger charge is -2.12. The Kier molecular flexibility index (Phi) is 5.64. The maximum Gasteiger partial charge on any atom is 0.254 e. The Hall–Kier alpha value is -2.14. The molecule has 5 nitrogen and oxygen atoms in total. The van der Waals surface area contributed by atoms with Crippen LogP contribution in [0.3, 0.4) is 0 Å². The summed E-state index contributed by atoms with van der Waals surface area (Å²) in [5.41, 5.74) is 2.88. The summed E-state index contributed by atoms with van der Waals surface area (Å²) >= 11 is 0. The third-order valence-electron chi connectivity index (χ3n) is 4.37. The van der Waals surface area contributed by atoms with Crippen molar-refractivity contribution in [3.63, 3.8) is 0 Å². The molecule has 1 N–H and O–H groups in total. The molecular formula is C19H25N3O2. The number of carbonyl (C=O) groups is 1. The lowest BCUT2D eigenvalue weighted by atomic mass is 10.1. The van der Waals surface area contributed by atoms with Gasteiger partial charge >= 0.3 is 0 Å². The molecule has 2 aromatic rings. The Balaban J connectivity index is 1.71. The summed E-state index contributed by atoms with van der Waals surface area (Å²) < 4.78 is 7.51. The molecule has 1 saturated heterocycles. The number of carbonyl (C=O) groups excluding carboxylic acids is 1. The molecule has 1 aromatic heterocycles. The van der Waals surface area contributed by atoms with E-state index < -0.39 is 0 Å². The number of nitrogens with zero attached hydrogens (tertiary/aromatic N) is 2. The van der Waals surface area contributed by atoms with Gasteiger partial charge in [0.1, 0.15) is 0 Å². The van der Waals surface area contributed by atoms with Crippen LogP contribution in [0, 0.1) is 0 Å². The van der Waals surface area contributed by atoms with Gasteiger partial charge in [0.05, 0.1) is 30.1 Å². The first-order valence-electron chi connectivity index (χ1n) is 8.76. The number of amides is 1. The van der Waals surface area contributed by atoms with Gasteiger partial charge in [-0.2, -0.15) is 5.10 Å². The minimum atomic E-state index is -0.0479. The van der Waals surface area contributed by atoms with E-state index in [9.17, 15) is 4.79 Å². The zero-order valence-corrected chi connectivity index (χ0v) is 14.2. The Bertz CT molecular complexity index is 661. The molecule has 3 rings (SSSR count). The number of nitrogens with one attached hydrogen (secondary N) is 1. The first kappa shape index (κ1) is 16.7. The molecule has 0 radical (unpaired) electrons. The highest BCUT2D eigenvalue weighted by atomic mass is 16.5. The molecule has 2 heterocycles. The van der Waals surface area contributed by atoms with Gasteiger partial charge < -0.3 is 10.1 Å². The van der Waals surface area contributed by atoms with Gasteiger partial charge in [0.25, 0.3) is 5.91 Å². The van der Waals surface area contributed by atoms with E-state index in [4.69, 9.17) is 4.74 Å². The van der Waals surface area contributed by atoms with Crippen LogP contribution in [0.25, 0.3) is 0 Å². The summed E-state index contributed by atoms with van der Waals surface area (Å²) in [5.74, 6) is -0.0479. The van der Waals surface area contributed by atoms with Crippen molar-refractivity contribution in [1.29, 1.82) is 0 Å². The standard InChI is InChI=1S/C19H25N3O2/c1-2-7-18-17(19(23)20-12-16-10-6-11-24-16)13-21-22(18)14-15-8-4-3-5-9-15/h3-5,8-9,13,16H,2,6-7,10-12,14H2,1H3,(H,20,23)/t16-/m0/s1. The third-order valence-corrected chi connectivity index (χ3v) is 4.37. The van der Waals surface area contributed by atoms with Crippen molar-refractivity contribution in [2.45, 2.75) is 45.3 Å². The van der Waals surface area contributed by atoms with Gasteiger partial charge in [-0.25, -0.2) is 0 Å². The van der Waals surface area contributed by atoms with Crippen LogP contribution in [-0.4, -0.2) is 34.9 Å². The van der Waals surface area contributed by atoms with Gasteiger partial charge in [-0.3, -0.25) is 9.48 Å². The molecule has 1 aliphatic rings. The average molecular weight is 327 g/mol. The summed E-state index contributed by atoms with van der Waals surface area (Å²) in [6, 6.07) is 10.2. The van der Waals surface area contributed by atoms with Crippen molar-refractivity contribution in [2.24, 2.45) is 0 Å². The molecule has 0 spiro atoms. The maximum atomic E-state index is 12.5. The Morgan fingerprint density at radius 2 is 2.21 bits per heavy atom. The van der Waals surface area contributed by atoms with Gasteiger partial charge in [0.15, 0.2) is 0 Å². The predicted molar refractivity (Wildman–Crippen MR) is 93.1 cm³/mol. The van der Waals surface area contributed by atoms with E-state index in [1.807, 2.05) is 22.9 Å². The average Bonchev–Trinajstić information content (AvgIpc) is 3.25. The van der Waals surface area contributed by atoms with Gasteiger partial charge in [-0.1, -0.05) is 43.7 Å². The highest BCUT2D eigenvalue weighted by Crippen LogP contribution is 2.15. The highest BCUT2D eigenvalue weighted by molar-refractivity contribution is 5.95. The molecule has 1 atom stereocenters. The fraction of sp³-hybridized carbons (Fsp3) is 0.474. The first-order chi connectivity index (χ1) is 11.8. The number of hydrogen-bond donors (Lipinski definition) is 1. The van der Waals surface area contributed by atoms with E-state index in [0.717, 1.165) is 38.0 Å². The molecule has 0 saturated carbocycles. The molecule has 1 aromatic carbocycles. The Morgan fingerprint density at radius 3 is 2.92 bits per heavy atom. The molecule has 24 heavy (non-hydrogen) atoms. The van der Waals surface area contributed by atoms with Crippen LogP contribution in [0.15, 0.2) is 36.5 Å². The second-order valence-electron chi connectivity index (χ2n) is 6.24. The summed E-state index contributed by atoms with van der Waals surface area (Å²) in [5, 5.41) is 7.46. The summed E-state index contributed by atoms with van der Waals surface area (Å²) in [4.78, 5) is 12.5. The highest BCUT2D eigenvalue weighted by Gasteiger charge is 2.20. The van der Waals surface area contributed by atoms with Crippen molar-refractivity contribution >= 4 is 5.91 Å². The van der Waals surface area contributed by atoms with Crippen LogP contribution >= 0.6 is 0 Å². The van der Waals surface area contributed by atoms with Crippen molar-refractivity contribution in [2.75, 3.05) is 13.2 Å². The maximum absolute atomic E-state index is 12.5. The molecule has 5 heteroatoms. The van der Waals surface area contributed by atoms with E-state index in [-0.39, 0.29) is 12.0 Å². The van der Waals surface area contributed by atoms with E-state index in [1.54, 1.807) is 6.20 Å². The monoisotopic (exact) mass is 327 g/mol. The predicted octanol–water partition coefficient (Wildman–Crippen LogP) is 2.79. The van der Waals surface area contributed by atoms with Crippen LogP contribution in [-0.2, 0) is 17.7 Å². The van der Waals surface area contributed by atoms with Crippen molar-refractivity contribution in [3.05, 3.63) is 53.3 Å². The van der Waals surface area contributed by atoms with Crippen LogP contribution in [0.2, 0.25) is 0 Å². The largest absolute Gasteiger partial charge is 0.376 e. The summed E-state index contributed by atoms with van der Waals surface area (Å²) in [6.07, 6.45) is 5.77. The quantitative estimate of drug-likeness (QED) is 0.851. The lowest BCUT2D eigenvalue weighted by Crippen LogP contribution is -2.32. The third kappa shape index (κ3) is 4.03. The van der Waals surface area contributed by atoms with Crippen LogP contribution in [0.5, 0.6) is 0 Å². The molecule has 0 aliphatic carbocycles. The van der Waals surface area contributed by atoms with Gasteiger partial charge in [0.2, 0.25) is 0 Å². The normalized spacial score (nSPS) is 17.1. The van der Waals surface area contributed by atoms with Crippen LogP contribution in [0.4, 0.5) is 0 Å². The van der Waals surface area contributed by atoms with E-state index in [0.29, 0.717) is 18.7 Å². The van der Waals surface area contributed by atoms with Gasteiger partial charge in [-0.15, -0.1) is 0 Å². The SMILES string of the molecule is CCCc1c(C(=O)NC[C@@H]2CCCO2)cnn1Cc1ccccc1. The molecular weight excluding hydrogens is 302 g/mol. The molecule has 0 bridgehead atoms. The number of rotatable bonds is 7. The van der Waals surface area contributed by atoms with Crippen LogP contribution in [0.1, 0.15) is 47.8 Å². The number of benzene rings is 1. The fourth-order valence-corrected chi connectivity index (χ4v) is 3.10. The molecule has 0 unspecified atom stereocenters. The Labute approximate surface area is 143 Å². The first-order valence-corrected chi connectivity index (χ1v) is 8.76. The minimum Gasteiger partial charge on any atom is -0.376 e. The smallest absolute Gasteiger partial charge is 0.254 e. The molecule has 1 fully saturated rings. The molecule has 1 aliphatic heterocycles. The summed E-state index contributed by atoms with van der Waals surface area (Å²) in [6.45, 7) is 4.19. The molecule has 1 amide bonds. The van der Waals surface area contributed by atoms with Gasteiger partial charge in [0, 0.05) is 13.2 Å².